The molecule has 0 bridgehead atoms. The zero-order chi connectivity index (χ0) is 27.5. The van der Waals surface area contributed by atoms with Crippen molar-refractivity contribution in [3.8, 4) is 5.75 Å². The predicted octanol–water partition coefficient (Wildman–Crippen LogP) is 7.36. The van der Waals surface area contributed by atoms with E-state index in [-0.39, 0.29) is 6.67 Å². The minimum absolute atomic E-state index is 0.260. The van der Waals surface area contributed by atoms with Crippen molar-refractivity contribution in [2.75, 3.05) is 33.4 Å². The second-order valence-electron chi connectivity index (χ2n) is 10.7. The third-order valence-electron chi connectivity index (χ3n) is 7.79. The number of allylic oxidation sites excluding steroid dienone is 1. The number of benzene rings is 3. The molecular weight excluding hydrogens is 489 g/mol. The summed E-state index contributed by atoms with van der Waals surface area (Å²) in [4.78, 5) is 14.0. The highest BCUT2D eigenvalue weighted by Crippen LogP contribution is 2.44. The normalized spacial score (nSPS) is 15.4. The van der Waals surface area contributed by atoms with Gasteiger partial charge in [-0.15, -0.1) is 0 Å². The van der Waals surface area contributed by atoms with Gasteiger partial charge in [-0.3, -0.25) is 9.29 Å². The average Bonchev–Trinajstić information content (AvgIpc) is 3.08. The molecule has 1 N–H and O–H groups in total. The second kappa shape index (κ2) is 11.6. The van der Waals surface area contributed by atoms with Crippen LogP contribution in [0.5, 0.6) is 5.75 Å². The van der Waals surface area contributed by atoms with E-state index in [4.69, 9.17) is 4.74 Å². The summed E-state index contributed by atoms with van der Waals surface area (Å²) < 4.78 is 18.4. The molecule has 1 fully saturated rings. The third-order valence-corrected chi connectivity index (χ3v) is 7.79. The summed E-state index contributed by atoms with van der Waals surface area (Å²) >= 11 is 0. The maximum atomic E-state index is 12.5. The van der Waals surface area contributed by atoms with E-state index in [1.54, 1.807) is 13.2 Å². The van der Waals surface area contributed by atoms with E-state index in [2.05, 4.69) is 61.2 Å². The number of aryl methyl sites for hydroxylation is 3. The van der Waals surface area contributed by atoms with Crippen LogP contribution >= 0.6 is 0 Å². The van der Waals surface area contributed by atoms with Crippen LogP contribution in [0.3, 0.4) is 0 Å². The number of methoxy groups -OCH3 is 1. The van der Waals surface area contributed by atoms with Gasteiger partial charge in [-0.05, 0) is 108 Å². The molecule has 5 rings (SSSR count). The van der Waals surface area contributed by atoms with Crippen molar-refractivity contribution < 1.29 is 19.0 Å². The fourth-order valence-corrected chi connectivity index (χ4v) is 6.02. The lowest BCUT2D eigenvalue weighted by Gasteiger charge is -2.33. The van der Waals surface area contributed by atoms with E-state index in [1.807, 2.05) is 12.1 Å². The number of halogens is 1. The first-order valence-corrected chi connectivity index (χ1v) is 13.7. The highest BCUT2D eigenvalue weighted by Gasteiger charge is 2.25. The highest BCUT2D eigenvalue weighted by molar-refractivity contribution is 6.02. The average molecular weight is 526 g/mol. The Morgan fingerprint density at radius 1 is 1.05 bits per heavy atom. The van der Waals surface area contributed by atoms with Gasteiger partial charge in [0.1, 0.15) is 5.75 Å². The van der Waals surface area contributed by atoms with Gasteiger partial charge < -0.3 is 9.84 Å². The van der Waals surface area contributed by atoms with E-state index >= 15 is 0 Å². The van der Waals surface area contributed by atoms with Crippen molar-refractivity contribution >= 4 is 23.2 Å². The molecule has 39 heavy (non-hydrogen) atoms. The monoisotopic (exact) mass is 525 g/mol. The molecule has 1 heterocycles. The minimum atomic E-state index is -0.902. The van der Waals surface area contributed by atoms with Gasteiger partial charge in [-0.25, -0.2) is 4.79 Å². The van der Waals surface area contributed by atoms with E-state index in [0.29, 0.717) is 12.0 Å². The van der Waals surface area contributed by atoms with Crippen LogP contribution < -0.4 is 4.74 Å². The number of carboxylic acid groups (broad SMARTS) is 1. The number of rotatable bonds is 8. The predicted molar refractivity (Wildman–Crippen MR) is 156 cm³/mol. The Hall–Kier alpha value is -3.70. The SMILES string of the molecule is COc1cc(C)cc(C)c1C1=C(c2ccc(C=C3CN(CCCF)C3)cc2)c2ccc(C(=O)O)cc2CCC1. The van der Waals surface area contributed by atoms with Crippen molar-refractivity contribution in [1.29, 1.82) is 0 Å². The van der Waals surface area contributed by atoms with Crippen LogP contribution in [0.4, 0.5) is 4.39 Å². The van der Waals surface area contributed by atoms with Crippen molar-refractivity contribution in [3.05, 3.63) is 105 Å². The topological polar surface area (TPSA) is 49.8 Å². The molecule has 0 aromatic heterocycles. The van der Waals surface area contributed by atoms with Crippen LogP contribution in [-0.4, -0.2) is 49.4 Å². The molecule has 0 amide bonds. The van der Waals surface area contributed by atoms with Crippen molar-refractivity contribution in [2.45, 2.75) is 39.5 Å². The number of hydrogen-bond acceptors (Lipinski definition) is 3. The van der Waals surface area contributed by atoms with Crippen molar-refractivity contribution in [2.24, 2.45) is 0 Å². The number of fused-ring (bicyclic) bond motifs is 1. The van der Waals surface area contributed by atoms with Gasteiger partial charge in [0.15, 0.2) is 0 Å². The van der Waals surface area contributed by atoms with E-state index in [9.17, 15) is 14.3 Å². The number of carbonyl (C=O) groups is 1. The van der Waals surface area contributed by atoms with Gasteiger partial charge >= 0.3 is 5.97 Å². The standard InChI is InChI=1S/C34H36FNO3/c1-22-16-23(2)32(31(17-22)39-3)30-7-4-6-27-19-28(34(37)38)12-13-29(27)33(30)26-10-8-24(9-11-26)18-25-20-36(21-25)15-5-14-35/h8-13,16-19H,4-7,14-15,20-21H2,1-3H3,(H,37,38). The van der Waals surface area contributed by atoms with E-state index in [1.165, 1.54) is 16.7 Å². The maximum absolute atomic E-state index is 12.5. The first-order valence-electron chi connectivity index (χ1n) is 13.7. The second-order valence-corrected chi connectivity index (χ2v) is 10.7. The minimum Gasteiger partial charge on any atom is -0.496 e. The number of nitrogens with zero attached hydrogens (tertiary/aromatic N) is 1. The van der Waals surface area contributed by atoms with Crippen molar-refractivity contribution in [1.82, 2.24) is 4.90 Å². The molecule has 2 aliphatic rings. The molecule has 0 radical (unpaired) electrons. The summed E-state index contributed by atoms with van der Waals surface area (Å²) in [6.45, 7) is 6.59. The quantitative estimate of drug-likeness (QED) is 0.334. The van der Waals surface area contributed by atoms with Gasteiger partial charge in [0.05, 0.1) is 19.3 Å². The number of carboxylic acids is 1. The van der Waals surface area contributed by atoms with Gasteiger partial charge in [-0.2, -0.15) is 0 Å². The first-order chi connectivity index (χ1) is 18.9. The largest absolute Gasteiger partial charge is 0.496 e. The molecule has 0 unspecified atom stereocenters. The Morgan fingerprint density at radius 2 is 1.82 bits per heavy atom. The Morgan fingerprint density at radius 3 is 2.51 bits per heavy atom. The fraction of sp³-hybridized carbons (Fsp3) is 0.324. The Balaban J connectivity index is 1.60. The van der Waals surface area contributed by atoms with Gasteiger partial charge in [-0.1, -0.05) is 42.5 Å². The van der Waals surface area contributed by atoms with E-state index < -0.39 is 5.97 Å². The zero-order valence-electron chi connectivity index (χ0n) is 23.0. The molecule has 1 aliphatic carbocycles. The van der Waals surface area contributed by atoms with Crippen LogP contribution in [0.1, 0.15) is 68.6 Å². The van der Waals surface area contributed by atoms with Gasteiger partial charge in [0.2, 0.25) is 0 Å². The van der Waals surface area contributed by atoms with Crippen LogP contribution in [0.15, 0.2) is 60.2 Å². The maximum Gasteiger partial charge on any atom is 0.335 e. The zero-order valence-corrected chi connectivity index (χ0v) is 23.0. The van der Waals surface area contributed by atoms with Crippen molar-refractivity contribution in [3.63, 3.8) is 0 Å². The van der Waals surface area contributed by atoms with Gasteiger partial charge in [0.25, 0.3) is 0 Å². The molecular formula is C34H36FNO3. The highest BCUT2D eigenvalue weighted by atomic mass is 19.1. The number of likely N-dealkylation sites (tertiary alicyclic amines) is 1. The summed E-state index contributed by atoms with van der Waals surface area (Å²) in [5, 5.41) is 9.63. The van der Waals surface area contributed by atoms with Crippen LogP contribution in [0.25, 0.3) is 17.2 Å². The molecule has 0 saturated carbocycles. The molecule has 0 spiro atoms. The Kier molecular flexibility index (Phi) is 7.99. The van der Waals surface area contributed by atoms with Crippen LogP contribution in [0, 0.1) is 13.8 Å². The van der Waals surface area contributed by atoms with Crippen LogP contribution in [0.2, 0.25) is 0 Å². The van der Waals surface area contributed by atoms with E-state index in [0.717, 1.165) is 83.6 Å². The van der Waals surface area contributed by atoms with Gasteiger partial charge in [0, 0.05) is 25.2 Å². The molecule has 3 aromatic rings. The number of hydrogen-bond donors (Lipinski definition) is 1. The molecule has 1 saturated heterocycles. The summed E-state index contributed by atoms with van der Waals surface area (Å²) in [6, 6.07) is 18.5. The molecule has 202 valence electrons. The summed E-state index contributed by atoms with van der Waals surface area (Å²) in [7, 11) is 1.73. The third kappa shape index (κ3) is 5.69. The lowest BCUT2D eigenvalue weighted by molar-refractivity contribution is 0.0696. The first kappa shape index (κ1) is 26.9. The number of ether oxygens (including phenoxy) is 1. The Bertz CT molecular complexity index is 1440. The molecule has 4 nitrogen and oxygen atoms in total. The summed E-state index contributed by atoms with van der Waals surface area (Å²) in [6.07, 6.45) is 5.44. The lowest BCUT2D eigenvalue weighted by atomic mass is 9.85. The Labute approximate surface area is 230 Å². The number of alkyl halides is 1. The lowest BCUT2D eigenvalue weighted by Crippen LogP contribution is -2.40. The molecule has 0 atom stereocenters. The smallest absolute Gasteiger partial charge is 0.335 e. The summed E-state index contributed by atoms with van der Waals surface area (Å²) in [5.41, 5.74) is 11.9. The number of aromatic carboxylic acids is 1. The fourth-order valence-electron chi connectivity index (χ4n) is 6.02. The van der Waals surface area contributed by atoms with Crippen LogP contribution in [-0.2, 0) is 6.42 Å². The molecule has 3 aromatic carbocycles. The molecule has 1 aliphatic heterocycles. The molecule has 5 heteroatoms. The summed E-state index contributed by atoms with van der Waals surface area (Å²) in [5.74, 6) is -0.0326.